The minimum Gasteiger partial charge on any atom is -0.335 e. The largest absolute Gasteiger partial charge is 0.335 e. The summed E-state index contributed by atoms with van der Waals surface area (Å²) in [6.45, 7) is 2.46. The Morgan fingerprint density at radius 3 is 2.82 bits per heavy atom. The van der Waals surface area contributed by atoms with Crippen LogP contribution in [0.25, 0.3) is 6.08 Å². The summed E-state index contributed by atoms with van der Waals surface area (Å²) < 4.78 is 36.3. The molecule has 22 heavy (non-hydrogen) atoms. The molecule has 1 unspecified atom stereocenters. The van der Waals surface area contributed by atoms with Crippen LogP contribution in [0, 0.1) is 5.82 Å². The average Bonchev–Trinajstić information content (AvgIpc) is 2.82. The van der Waals surface area contributed by atoms with Crippen molar-refractivity contribution >= 4 is 21.8 Å². The number of halogens is 1. The molecule has 0 saturated carbocycles. The fourth-order valence-corrected chi connectivity index (χ4v) is 4.34. The molecule has 1 atom stereocenters. The second-order valence-electron chi connectivity index (χ2n) is 5.48. The van der Waals surface area contributed by atoms with Crippen molar-refractivity contribution in [2.75, 3.05) is 18.1 Å². The van der Waals surface area contributed by atoms with Crippen molar-refractivity contribution in [1.29, 1.82) is 0 Å². The van der Waals surface area contributed by atoms with Gasteiger partial charge in [0.1, 0.15) is 5.82 Å². The highest BCUT2D eigenvalue weighted by atomic mass is 32.2. The Labute approximate surface area is 130 Å². The van der Waals surface area contributed by atoms with Crippen LogP contribution in [0.5, 0.6) is 0 Å². The van der Waals surface area contributed by atoms with Gasteiger partial charge in [0.05, 0.1) is 11.5 Å². The van der Waals surface area contributed by atoms with Gasteiger partial charge in [0.15, 0.2) is 9.84 Å². The lowest BCUT2D eigenvalue weighted by Crippen LogP contribution is -2.40. The summed E-state index contributed by atoms with van der Waals surface area (Å²) in [5.74, 6) is -0.416. The van der Waals surface area contributed by atoms with Gasteiger partial charge in [-0.25, -0.2) is 12.8 Å². The topological polar surface area (TPSA) is 54.5 Å². The zero-order valence-electron chi connectivity index (χ0n) is 12.5. The Hall–Kier alpha value is -1.69. The Bertz CT molecular complexity index is 670. The van der Waals surface area contributed by atoms with Gasteiger partial charge < -0.3 is 4.90 Å². The smallest absolute Gasteiger partial charge is 0.246 e. The van der Waals surface area contributed by atoms with Gasteiger partial charge in [-0.3, -0.25) is 4.79 Å². The van der Waals surface area contributed by atoms with E-state index in [-0.39, 0.29) is 29.3 Å². The molecule has 6 heteroatoms. The monoisotopic (exact) mass is 325 g/mol. The first-order chi connectivity index (χ1) is 10.4. The first kappa shape index (κ1) is 16.7. The third-order valence-corrected chi connectivity index (χ3v) is 5.41. The first-order valence-electron chi connectivity index (χ1n) is 7.36. The Balaban J connectivity index is 2.10. The molecule has 0 aliphatic carbocycles. The molecular formula is C16H20FNO3S. The fraction of sp³-hybridized carbons (Fsp3) is 0.438. The van der Waals surface area contributed by atoms with Gasteiger partial charge in [-0.05, 0) is 36.6 Å². The standard InChI is InChI=1S/C16H20FNO3S/c1-2-9-18(15-8-10-22(20,21)12-15)16(19)7-6-13-4-3-5-14(17)11-13/h3-7,11,15H,2,8-10,12H2,1H3/b7-6+. The van der Waals surface area contributed by atoms with E-state index in [4.69, 9.17) is 0 Å². The van der Waals surface area contributed by atoms with Gasteiger partial charge >= 0.3 is 0 Å². The van der Waals surface area contributed by atoms with Crippen LogP contribution in [0.15, 0.2) is 30.3 Å². The van der Waals surface area contributed by atoms with Crippen LogP contribution < -0.4 is 0 Å². The number of carbonyl (C=O) groups is 1. The Morgan fingerprint density at radius 2 is 2.23 bits per heavy atom. The van der Waals surface area contributed by atoms with E-state index in [9.17, 15) is 17.6 Å². The fourth-order valence-electron chi connectivity index (χ4n) is 2.61. The number of benzene rings is 1. The first-order valence-corrected chi connectivity index (χ1v) is 9.18. The minimum absolute atomic E-state index is 0.0343. The van der Waals surface area contributed by atoms with Crippen LogP contribution in [0.2, 0.25) is 0 Å². The lowest BCUT2D eigenvalue weighted by atomic mass is 10.1. The molecule has 2 rings (SSSR count). The average molecular weight is 325 g/mol. The SMILES string of the molecule is CCCN(C(=O)/C=C/c1cccc(F)c1)C1CCS(=O)(=O)C1. The highest BCUT2D eigenvalue weighted by Crippen LogP contribution is 2.19. The molecule has 0 spiro atoms. The molecule has 120 valence electrons. The van der Waals surface area contributed by atoms with Crippen LogP contribution in [0.1, 0.15) is 25.3 Å². The zero-order valence-corrected chi connectivity index (χ0v) is 13.4. The highest BCUT2D eigenvalue weighted by molar-refractivity contribution is 7.91. The van der Waals surface area contributed by atoms with Gasteiger partial charge in [-0.1, -0.05) is 19.1 Å². The summed E-state index contributed by atoms with van der Waals surface area (Å²) in [6, 6.07) is 5.71. The molecule has 0 aromatic heterocycles. The molecule has 1 amide bonds. The molecule has 1 aromatic rings. The van der Waals surface area contributed by atoms with Crippen molar-refractivity contribution in [3.8, 4) is 0 Å². The predicted octanol–water partition coefficient (Wildman–Crippen LogP) is 2.26. The number of amides is 1. The number of rotatable bonds is 5. The van der Waals surface area contributed by atoms with Gasteiger partial charge in [0, 0.05) is 18.7 Å². The third kappa shape index (κ3) is 4.40. The maximum absolute atomic E-state index is 13.1. The van der Waals surface area contributed by atoms with E-state index in [1.54, 1.807) is 23.1 Å². The van der Waals surface area contributed by atoms with Gasteiger partial charge in [0.25, 0.3) is 0 Å². The lowest BCUT2D eigenvalue weighted by molar-refractivity contribution is -0.127. The summed E-state index contributed by atoms with van der Waals surface area (Å²) in [7, 11) is -3.03. The molecule has 1 saturated heterocycles. The van der Waals surface area contributed by atoms with Crippen LogP contribution in [-0.2, 0) is 14.6 Å². The molecule has 0 bridgehead atoms. The Morgan fingerprint density at radius 1 is 1.45 bits per heavy atom. The minimum atomic E-state index is -3.03. The van der Waals surface area contributed by atoms with Crippen LogP contribution in [-0.4, -0.2) is 43.3 Å². The predicted molar refractivity (Wildman–Crippen MR) is 84.5 cm³/mol. The molecular weight excluding hydrogens is 305 g/mol. The van der Waals surface area contributed by atoms with Gasteiger partial charge in [-0.15, -0.1) is 0 Å². The van der Waals surface area contributed by atoms with Crippen molar-refractivity contribution in [1.82, 2.24) is 4.90 Å². The quantitative estimate of drug-likeness (QED) is 0.780. The normalized spacial score (nSPS) is 20.4. The van der Waals surface area contributed by atoms with E-state index in [0.29, 0.717) is 18.5 Å². The molecule has 0 N–H and O–H groups in total. The summed E-state index contributed by atoms with van der Waals surface area (Å²) in [4.78, 5) is 14.0. The number of sulfone groups is 1. The molecule has 1 aliphatic heterocycles. The number of hydrogen-bond acceptors (Lipinski definition) is 3. The number of hydrogen-bond donors (Lipinski definition) is 0. The zero-order chi connectivity index (χ0) is 16.2. The number of carbonyl (C=O) groups excluding carboxylic acids is 1. The van der Waals surface area contributed by atoms with E-state index < -0.39 is 9.84 Å². The molecule has 4 nitrogen and oxygen atoms in total. The summed E-state index contributed by atoms with van der Waals surface area (Å²) in [6.07, 6.45) is 4.19. The molecule has 1 fully saturated rings. The second-order valence-corrected chi connectivity index (χ2v) is 7.71. The van der Waals surface area contributed by atoms with Crippen molar-refractivity contribution in [3.05, 3.63) is 41.7 Å². The van der Waals surface area contributed by atoms with E-state index >= 15 is 0 Å². The Kier molecular flexibility index (Phi) is 5.34. The van der Waals surface area contributed by atoms with E-state index in [0.717, 1.165) is 6.42 Å². The second kappa shape index (κ2) is 7.05. The van der Waals surface area contributed by atoms with Gasteiger partial charge in [0.2, 0.25) is 5.91 Å². The van der Waals surface area contributed by atoms with Gasteiger partial charge in [-0.2, -0.15) is 0 Å². The van der Waals surface area contributed by atoms with E-state index in [1.165, 1.54) is 18.2 Å². The molecule has 1 heterocycles. The summed E-state index contributed by atoms with van der Waals surface area (Å²) >= 11 is 0. The van der Waals surface area contributed by atoms with Crippen molar-refractivity contribution in [2.24, 2.45) is 0 Å². The van der Waals surface area contributed by atoms with Crippen molar-refractivity contribution in [2.45, 2.75) is 25.8 Å². The lowest BCUT2D eigenvalue weighted by Gasteiger charge is -2.26. The van der Waals surface area contributed by atoms with E-state index in [1.807, 2.05) is 6.92 Å². The van der Waals surface area contributed by atoms with Crippen LogP contribution in [0.4, 0.5) is 4.39 Å². The summed E-state index contributed by atoms with van der Waals surface area (Å²) in [5, 5.41) is 0. The van der Waals surface area contributed by atoms with Crippen LogP contribution >= 0.6 is 0 Å². The molecule has 0 radical (unpaired) electrons. The summed E-state index contributed by atoms with van der Waals surface area (Å²) in [5.41, 5.74) is 0.601. The maximum atomic E-state index is 13.1. The maximum Gasteiger partial charge on any atom is 0.246 e. The van der Waals surface area contributed by atoms with Crippen LogP contribution in [0.3, 0.4) is 0 Å². The number of nitrogens with zero attached hydrogens (tertiary/aromatic N) is 1. The highest BCUT2D eigenvalue weighted by Gasteiger charge is 2.33. The van der Waals surface area contributed by atoms with Crippen molar-refractivity contribution in [3.63, 3.8) is 0 Å². The van der Waals surface area contributed by atoms with E-state index in [2.05, 4.69) is 0 Å². The molecule has 1 aliphatic rings. The van der Waals surface area contributed by atoms with Crippen molar-refractivity contribution < 1.29 is 17.6 Å². The molecule has 1 aromatic carbocycles. The third-order valence-electron chi connectivity index (χ3n) is 3.66.